The van der Waals surface area contributed by atoms with Crippen LogP contribution in [0.3, 0.4) is 0 Å². The molecule has 0 amide bonds. The van der Waals surface area contributed by atoms with E-state index in [4.69, 9.17) is 4.74 Å². The number of anilines is 1. The molecule has 0 radical (unpaired) electrons. The lowest BCUT2D eigenvalue weighted by Gasteiger charge is -2.31. The molecule has 110 valence electrons. The Balaban J connectivity index is 1.77. The number of aryl methyl sites for hydroxylation is 1. The molecular formula is C17H21N3O. The molecule has 0 spiro atoms. The minimum Gasteiger partial charge on any atom is -0.487 e. The van der Waals surface area contributed by atoms with Crippen LogP contribution in [0.5, 0.6) is 5.75 Å². The van der Waals surface area contributed by atoms with Gasteiger partial charge in [-0.2, -0.15) is 0 Å². The van der Waals surface area contributed by atoms with E-state index in [1.54, 1.807) is 12.4 Å². The number of hydrogen-bond acceptors (Lipinski definition) is 4. The van der Waals surface area contributed by atoms with Crippen molar-refractivity contribution in [3.63, 3.8) is 0 Å². The summed E-state index contributed by atoms with van der Waals surface area (Å²) in [5, 5.41) is 3.39. The Morgan fingerprint density at radius 1 is 1.14 bits per heavy atom. The predicted octanol–water partition coefficient (Wildman–Crippen LogP) is 2.38. The van der Waals surface area contributed by atoms with Crippen molar-refractivity contribution in [2.24, 2.45) is 0 Å². The molecule has 1 fully saturated rings. The third-order valence-electron chi connectivity index (χ3n) is 3.72. The summed E-state index contributed by atoms with van der Waals surface area (Å²) in [5.74, 6) is 0.958. The van der Waals surface area contributed by atoms with Gasteiger partial charge >= 0.3 is 0 Å². The van der Waals surface area contributed by atoms with Gasteiger partial charge in [0.2, 0.25) is 0 Å². The van der Waals surface area contributed by atoms with Gasteiger partial charge in [0, 0.05) is 38.6 Å². The second-order valence-corrected chi connectivity index (χ2v) is 5.35. The number of pyridine rings is 1. The molecule has 0 bridgehead atoms. The zero-order valence-corrected chi connectivity index (χ0v) is 12.4. The van der Waals surface area contributed by atoms with E-state index in [-0.39, 0.29) is 0 Å². The molecule has 0 atom stereocenters. The fraction of sp³-hybridized carbons (Fsp3) is 0.353. The van der Waals surface area contributed by atoms with Gasteiger partial charge < -0.3 is 15.0 Å². The molecule has 0 unspecified atom stereocenters. The predicted molar refractivity (Wildman–Crippen MR) is 84.8 cm³/mol. The minimum atomic E-state index is 0.574. The van der Waals surface area contributed by atoms with Crippen molar-refractivity contribution in [1.82, 2.24) is 10.3 Å². The van der Waals surface area contributed by atoms with Crippen molar-refractivity contribution in [2.75, 3.05) is 31.1 Å². The van der Waals surface area contributed by atoms with Crippen LogP contribution in [0.1, 0.15) is 11.1 Å². The zero-order valence-electron chi connectivity index (χ0n) is 12.4. The average Bonchev–Trinajstić information content (AvgIpc) is 2.55. The molecule has 1 N–H and O–H groups in total. The normalized spacial score (nSPS) is 15.0. The van der Waals surface area contributed by atoms with Crippen LogP contribution in [0.15, 0.2) is 42.7 Å². The highest BCUT2D eigenvalue weighted by molar-refractivity contribution is 5.60. The van der Waals surface area contributed by atoms with Crippen LogP contribution in [0, 0.1) is 6.92 Å². The van der Waals surface area contributed by atoms with Crippen LogP contribution in [0.4, 0.5) is 5.69 Å². The monoisotopic (exact) mass is 283 g/mol. The standard InChI is InChI=1S/C17H21N3O/c1-14-2-3-17(21-13-15-4-6-18-7-5-15)16(12-14)20-10-8-19-9-11-20/h2-7,12,19H,8-11,13H2,1H3. The lowest BCUT2D eigenvalue weighted by atomic mass is 10.1. The van der Waals surface area contributed by atoms with Crippen LogP contribution in [-0.4, -0.2) is 31.2 Å². The zero-order chi connectivity index (χ0) is 14.5. The van der Waals surface area contributed by atoms with Crippen molar-refractivity contribution in [1.29, 1.82) is 0 Å². The summed E-state index contributed by atoms with van der Waals surface area (Å²) in [4.78, 5) is 6.43. The largest absolute Gasteiger partial charge is 0.487 e. The van der Waals surface area contributed by atoms with E-state index in [0.717, 1.165) is 37.5 Å². The smallest absolute Gasteiger partial charge is 0.143 e. The first-order valence-corrected chi connectivity index (χ1v) is 7.41. The third-order valence-corrected chi connectivity index (χ3v) is 3.72. The van der Waals surface area contributed by atoms with Crippen LogP contribution < -0.4 is 15.0 Å². The second kappa shape index (κ2) is 6.59. The summed E-state index contributed by atoms with van der Waals surface area (Å²) in [6, 6.07) is 10.4. The Labute approximate surface area is 125 Å². The minimum absolute atomic E-state index is 0.574. The van der Waals surface area contributed by atoms with Gasteiger partial charge in [-0.3, -0.25) is 4.98 Å². The van der Waals surface area contributed by atoms with Crippen molar-refractivity contribution < 1.29 is 4.74 Å². The van der Waals surface area contributed by atoms with E-state index in [1.807, 2.05) is 12.1 Å². The van der Waals surface area contributed by atoms with Gasteiger partial charge in [0.05, 0.1) is 5.69 Å². The maximum absolute atomic E-state index is 6.04. The van der Waals surface area contributed by atoms with Gasteiger partial charge in [-0.1, -0.05) is 6.07 Å². The Kier molecular flexibility index (Phi) is 4.36. The molecule has 0 aliphatic carbocycles. The molecule has 0 saturated carbocycles. The Bertz CT molecular complexity index is 580. The highest BCUT2D eigenvalue weighted by Crippen LogP contribution is 2.30. The first-order chi connectivity index (χ1) is 10.3. The molecular weight excluding hydrogens is 262 g/mol. The molecule has 4 nitrogen and oxygen atoms in total. The van der Waals surface area contributed by atoms with Crippen molar-refractivity contribution >= 4 is 5.69 Å². The van der Waals surface area contributed by atoms with Gasteiger partial charge in [0.15, 0.2) is 0 Å². The van der Waals surface area contributed by atoms with Crippen molar-refractivity contribution in [2.45, 2.75) is 13.5 Å². The van der Waals surface area contributed by atoms with E-state index in [0.29, 0.717) is 6.61 Å². The fourth-order valence-electron chi connectivity index (χ4n) is 2.54. The van der Waals surface area contributed by atoms with Gasteiger partial charge in [-0.05, 0) is 42.3 Å². The summed E-state index contributed by atoms with van der Waals surface area (Å²) in [6.07, 6.45) is 3.59. The van der Waals surface area contributed by atoms with Crippen molar-refractivity contribution in [3.8, 4) is 5.75 Å². The summed E-state index contributed by atoms with van der Waals surface area (Å²) in [6.45, 7) is 6.79. The number of rotatable bonds is 4. The van der Waals surface area contributed by atoms with Crippen molar-refractivity contribution in [3.05, 3.63) is 53.9 Å². The molecule has 1 aromatic carbocycles. The molecule has 1 aliphatic rings. The number of ether oxygens (including phenoxy) is 1. The highest BCUT2D eigenvalue weighted by Gasteiger charge is 2.15. The first-order valence-electron chi connectivity index (χ1n) is 7.41. The quantitative estimate of drug-likeness (QED) is 0.935. The first kappa shape index (κ1) is 13.9. The molecule has 2 aromatic rings. The van der Waals surface area contributed by atoms with Gasteiger partial charge in [0.25, 0.3) is 0 Å². The number of nitrogens with zero attached hydrogens (tertiary/aromatic N) is 2. The molecule has 3 rings (SSSR count). The number of nitrogens with one attached hydrogen (secondary N) is 1. The van der Waals surface area contributed by atoms with Gasteiger partial charge in [-0.25, -0.2) is 0 Å². The average molecular weight is 283 g/mol. The molecule has 1 aliphatic heterocycles. The maximum Gasteiger partial charge on any atom is 0.143 e. The third kappa shape index (κ3) is 3.52. The Morgan fingerprint density at radius 2 is 1.90 bits per heavy atom. The summed E-state index contributed by atoms with van der Waals surface area (Å²) in [7, 11) is 0. The number of piperazine rings is 1. The molecule has 1 aromatic heterocycles. The maximum atomic E-state index is 6.04. The molecule has 1 saturated heterocycles. The summed E-state index contributed by atoms with van der Waals surface area (Å²) < 4.78 is 6.04. The topological polar surface area (TPSA) is 37.4 Å². The van der Waals surface area contributed by atoms with Crippen LogP contribution >= 0.6 is 0 Å². The Morgan fingerprint density at radius 3 is 2.67 bits per heavy atom. The van der Waals surface area contributed by atoms with E-state index in [9.17, 15) is 0 Å². The van der Waals surface area contributed by atoms with E-state index < -0.39 is 0 Å². The SMILES string of the molecule is Cc1ccc(OCc2ccncc2)c(N2CCNCC2)c1. The van der Waals surface area contributed by atoms with Crippen LogP contribution in [0.25, 0.3) is 0 Å². The lowest BCUT2D eigenvalue weighted by molar-refractivity contribution is 0.306. The van der Waals surface area contributed by atoms with E-state index in [1.165, 1.54) is 11.3 Å². The van der Waals surface area contributed by atoms with Gasteiger partial charge in [-0.15, -0.1) is 0 Å². The number of aromatic nitrogens is 1. The summed E-state index contributed by atoms with van der Waals surface area (Å²) >= 11 is 0. The van der Waals surface area contributed by atoms with E-state index >= 15 is 0 Å². The number of benzene rings is 1. The molecule has 2 heterocycles. The second-order valence-electron chi connectivity index (χ2n) is 5.35. The van der Waals surface area contributed by atoms with Crippen LogP contribution in [0.2, 0.25) is 0 Å². The summed E-state index contributed by atoms with van der Waals surface area (Å²) in [5.41, 5.74) is 3.60. The number of hydrogen-bond donors (Lipinski definition) is 1. The fourth-order valence-corrected chi connectivity index (χ4v) is 2.54. The lowest BCUT2D eigenvalue weighted by Crippen LogP contribution is -2.43. The Hall–Kier alpha value is -2.07. The highest BCUT2D eigenvalue weighted by atomic mass is 16.5. The van der Waals surface area contributed by atoms with E-state index in [2.05, 4.69) is 40.3 Å². The van der Waals surface area contributed by atoms with Crippen LogP contribution in [-0.2, 0) is 6.61 Å². The van der Waals surface area contributed by atoms with Gasteiger partial charge in [0.1, 0.15) is 12.4 Å². The molecule has 4 heteroatoms. The molecule has 21 heavy (non-hydrogen) atoms.